The zero-order valence-electron chi connectivity index (χ0n) is 8.63. The smallest absolute Gasteiger partial charge is 0.221 e. The molecular weight excluding hydrogens is 210 g/mol. The normalized spacial score (nSPS) is 9.47. The number of nitrogens with two attached hydrogens (primary N) is 1. The van der Waals surface area contributed by atoms with E-state index in [4.69, 9.17) is 18.0 Å². The van der Waals surface area contributed by atoms with Crippen molar-refractivity contribution in [2.24, 2.45) is 5.73 Å². The highest BCUT2D eigenvalue weighted by Crippen LogP contribution is 2.19. The second-order valence-electron chi connectivity index (χ2n) is 3.20. The van der Waals surface area contributed by atoms with Gasteiger partial charge >= 0.3 is 0 Å². The van der Waals surface area contributed by atoms with Gasteiger partial charge in [-0.2, -0.15) is 0 Å². The molecule has 1 amide bonds. The van der Waals surface area contributed by atoms with Crippen molar-refractivity contribution in [2.75, 3.05) is 10.6 Å². The van der Waals surface area contributed by atoms with Gasteiger partial charge in [0, 0.05) is 18.3 Å². The lowest BCUT2D eigenvalue weighted by atomic mass is 10.2. The Morgan fingerprint density at radius 1 is 1.40 bits per heavy atom. The first kappa shape index (κ1) is 11.5. The lowest BCUT2D eigenvalue weighted by Gasteiger charge is -2.09. The minimum atomic E-state index is -0.0897. The number of hydrogen-bond donors (Lipinski definition) is 3. The Labute approximate surface area is 93.9 Å². The maximum Gasteiger partial charge on any atom is 0.221 e. The third kappa shape index (κ3) is 3.55. The SMILES string of the molecule is CC(=O)Nc1ccc(NC(N)=S)cc1C. The van der Waals surface area contributed by atoms with Gasteiger partial charge in [-0.1, -0.05) is 0 Å². The maximum absolute atomic E-state index is 10.9. The summed E-state index contributed by atoms with van der Waals surface area (Å²) in [4.78, 5) is 10.9. The van der Waals surface area contributed by atoms with Gasteiger partial charge in [-0.3, -0.25) is 4.79 Å². The summed E-state index contributed by atoms with van der Waals surface area (Å²) in [5, 5.41) is 5.77. The zero-order chi connectivity index (χ0) is 11.4. The number of anilines is 2. The number of amides is 1. The Morgan fingerprint density at radius 3 is 2.53 bits per heavy atom. The lowest BCUT2D eigenvalue weighted by Crippen LogP contribution is -2.19. The molecule has 5 heteroatoms. The Morgan fingerprint density at radius 2 is 2.07 bits per heavy atom. The van der Waals surface area contributed by atoms with Crippen LogP contribution in [0.15, 0.2) is 18.2 Å². The van der Waals surface area contributed by atoms with Crippen molar-refractivity contribution in [2.45, 2.75) is 13.8 Å². The van der Waals surface area contributed by atoms with Gasteiger partial charge in [-0.25, -0.2) is 0 Å². The Hall–Kier alpha value is -1.62. The minimum Gasteiger partial charge on any atom is -0.376 e. The summed E-state index contributed by atoms with van der Waals surface area (Å²) in [6, 6.07) is 5.47. The molecule has 0 spiro atoms. The van der Waals surface area contributed by atoms with Crippen LogP contribution in [0.4, 0.5) is 11.4 Å². The average molecular weight is 223 g/mol. The first-order valence-electron chi connectivity index (χ1n) is 4.43. The Kier molecular flexibility index (Phi) is 3.62. The number of hydrogen-bond acceptors (Lipinski definition) is 2. The third-order valence-electron chi connectivity index (χ3n) is 1.80. The van der Waals surface area contributed by atoms with Gasteiger partial charge in [0.2, 0.25) is 5.91 Å². The largest absolute Gasteiger partial charge is 0.376 e. The van der Waals surface area contributed by atoms with Gasteiger partial charge in [0.25, 0.3) is 0 Å². The summed E-state index contributed by atoms with van der Waals surface area (Å²) in [6.45, 7) is 3.37. The second kappa shape index (κ2) is 4.75. The van der Waals surface area contributed by atoms with Crippen molar-refractivity contribution >= 4 is 34.6 Å². The van der Waals surface area contributed by atoms with Crippen LogP contribution in [0.3, 0.4) is 0 Å². The summed E-state index contributed by atoms with van der Waals surface area (Å²) >= 11 is 4.72. The van der Waals surface area contributed by atoms with Crippen molar-refractivity contribution in [1.29, 1.82) is 0 Å². The van der Waals surface area contributed by atoms with E-state index in [-0.39, 0.29) is 11.0 Å². The van der Waals surface area contributed by atoms with Crippen molar-refractivity contribution in [3.8, 4) is 0 Å². The molecule has 4 nitrogen and oxygen atoms in total. The van der Waals surface area contributed by atoms with E-state index in [2.05, 4.69) is 10.6 Å². The molecule has 0 radical (unpaired) electrons. The molecule has 1 aromatic rings. The number of benzene rings is 1. The Balaban J connectivity index is 2.87. The molecule has 80 valence electrons. The van der Waals surface area contributed by atoms with Gasteiger partial charge < -0.3 is 16.4 Å². The summed E-state index contributed by atoms with van der Waals surface area (Å²) in [5.74, 6) is -0.0897. The van der Waals surface area contributed by atoms with Crippen LogP contribution in [0, 0.1) is 6.92 Å². The van der Waals surface area contributed by atoms with Crippen LogP contribution >= 0.6 is 12.2 Å². The summed E-state index contributed by atoms with van der Waals surface area (Å²) in [5.41, 5.74) is 7.90. The van der Waals surface area contributed by atoms with Gasteiger partial charge in [0.05, 0.1) is 0 Å². The molecule has 0 aliphatic heterocycles. The zero-order valence-corrected chi connectivity index (χ0v) is 9.44. The quantitative estimate of drug-likeness (QED) is 0.666. The fourth-order valence-corrected chi connectivity index (χ4v) is 1.33. The molecule has 0 aromatic heterocycles. The highest BCUT2D eigenvalue weighted by Gasteiger charge is 2.01. The molecule has 0 unspecified atom stereocenters. The van der Waals surface area contributed by atoms with Crippen molar-refractivity contribution in [3.05, 3.63) is 23.8 Å². The molecule has 0 aliphatic carbocycles. The fraction of sp³-hybridized carbons (Fsp3) is 0.200. The third-order valence-corrected chi connectivity index (χ3v) is 1.91. The van der Waals surface area contributed by atoms with Crippen LogP contribution in [-0.2, 0) is 4.79 Å². The van der Waals surface area contributed by atoms with Gasteiger partial charge in [0.1, 0.15) is 0 Å². The summed E-state index contributed by atoms with van der Waals surface area (Å²) in [7, 11) is 0. The molecular formula is C10H13N3OS. The lowest BCUT2D eigenvalue weighted by molar-refractivity contribution is -0.114. The molecule has 0 bridgehead atoms. The molecule has 0 fully saturated rings. The number of rotatable bonds is 2. The van der Waals surface area contributed by atoms with E-state index in [0.29, 0.717) is 0 Å². The first-order valence-corrected chi connectivity index (χ1v) is 4.84. The van der Waals surface area contributed by atoms with Crippen molar-refractivity contribution in [3.63, 3.8) is 0 Å². The van der Waals surface area contributed by atoms with E-state index in [1.165, 1.54) is 6.92 Å². The number of thiocarbonyl (C=S) groups is 1. The topological polar surface area (TPSA) is 67.2 Å². The monoisotopic (exact) mass is 223 g/mol. The van der Waals surface area contributed by atoms with E-state index in [0.717, 1.165) is 16.9 Å². The van der Waals surface area contributed by atoms with Crippen LogP contribution in [0.2, 0.25) is 0 Å². The fourth-order valence-electron chi connectivity index (χ4n) is 1.21. The number of aryl methyl sites for hydroxylation is 1. The van der Waals surface area contributed by atoms with E-state index < -0.39 is 0 Å². The predicted molar refractivity (Wildman–Crippen MR) is 65.9 cm³/mol. The van der Waals surface area contributed by atoms with Crippen LogP contribution in [-0.4, -0.2) is 11.0 Å². The second-order valence-corrected chi connectivity index (χ2v) is 3.64. The number of nitrogens with one attached hydrogen (secondary N) is 2. The molecule has 0 saturated carbocycles. The van der Waals surface area contributed by atoms with Gasteiger partial charge in [-0.15, -0.1) is 0 Å². The maximum atomic E-state index is 10.9. The van der Waals surface area contributed by atoms with Crippen molar-refractivity contribution in [1.82, 2.24) is 0 Å². The molecule has 0 heterocycles. The Bertz CT molecular complexity index is 404. The van der Waals surface area contributed by atoms with Gasteiger partial charge in [0.15, 0.2) is 5.11 Å². The van der Waals surface area contributed by atoms with E-state index in [1.54, 1.807) is 12.1 Å². The minimum absolute atomic E-state index is 0.0897. The van der Waals surface area contributed by atoms with Crippen molar-refractivity contribution < 1.29 is 4.79 Å². The predicted octanol–water partition coefficient (Wildman–Crippen LogP) is 1.61. The van der Waals surface area contributed by atoms with Crippen LogP contribution in [0.5, 0.6) is 0 Å². The molecule has 15 heavy (non-hydrogen) atoms. The standard InChI is InChI=1S/C10H13N3OS/c1-6-5-8(13-10(11)15)3-4-9(6)12-7(2)14/h3-5H,1-2H3,(H,12,14)(H3,11,13,15). The highest BCUT2D eigenvalue weighted by atomic mass is 32.1. The summed E-state index contributed by atoms with van der Waals surface area (Å²) < 4.78 is 0. The van der Waals surface area contributed by atoms with Crippen LogP contribution in [0.1, 0.15) is 12.5 Å². The number of carbonyl (C=O) groups is 1. The molecule has 0 saturated heterocycles. The number of carbonyl (C=O) groups excluding carboxylic acids is 1. The van der Waals surface area contributed by atoms with Crippen LogP contribution < -0.4 is 16.4 Å². The summed E-state index contributed by atoms with van der Waals surface area (Å²) in [6.07, 6.45) is 0. The van der Waals surface area contributed by atoms with E-state index >= 15 is 0 Å². The highest BCUT2D eigenvalue weighted by molar-refractivity contribution is 7.80. The molecule has 0 atom stereocenters. The molecule has 0 aliphatic rings. The average Bonchev–Trinajstić information content (AvgIpc) is 2.08. The van der Waals surface area contributed by atoms with Gasteiger partial charge in [-0.05, 0) is 42.9 Å². The first-order chi connectivity index (χ1) is 6.99. The molecule has 4 N–H and O–H groups in total. The molecule has 1 rings (SSSR count). The van der Waals surface area contributed by atoms with E-state index in [9.17, 15) is 4.79 Å². The molecule has 1 aromatic carbocycles. The van der Waals surface area contributed by atoms with Crippen LogP contribution in [0.25, 0.3) is 0 Å². The van der Waals surface area contributed by atoms with E-state index in [1.807, 2.05) is 13.0 Å².